The minimum absolute atomic E-state index is 0.00427. The third-order valence-electron chi connectivity index (χ3n) is 7.31. The van der Waals surface area contributed by atoms with Crippen LogP contribution in [0.5, 0.6) is 0 Å². The van der Waals surface area contributed by atoms with Gasteiger partial charge in [0.15, 0.2) is 0 Å². The molecule has 1 atom stereocenters. The van der Waals surface area contributed by atoms with Crippen LogP contribution >= 0.6 is 11.6 Å². The lowest BCUT2D eigenvalue weighted by atomic mass is 9.89. The summed E-state index contributed by atoms with van der Waals surface area (Å²) in [5, 5.41) is 3.79. The van der Waals surface area contributed by atoms with E-state index >= 15 is 0 Å². The molecule has 0 bridgehead atoms. The zero-order chi connectivity index (χ0) is 27.2. The lowest BCUT2D eigenvalue weighted by molar-refractivity contribution is -0.135. The van der Waals surface area contributed by atoms with E-state index in [-0.39, 0.29) is 17.7 Å². The van der Waals surface area contributed by atoms with Crippen molar-refractivity contribution in [1.82, 2.24) is 15.1 Å². The third-order valence-corrected chi connectivity index (χ3v) is 7.56. The van der Waals surface area contributed by atoms with E-state index in [2.05, 4.69) is 34.5 Å². The molecule has 38 heavy (non-hydrogen) atoms. The fourth-order valence-corrected chi connectivity index (χ4v) is 5.34. The van der Waals surface area contributed by atoms with Crippen LogP contribution in [0.25, 0.3) is 11.1 Å². The lowest BCUT2D eigenvalue weighted by Gasteiger charge is -2.35. The molecule has 1 aliphatic rings. The molecule has 1 saturated heterocycles. The topological polar surface area (TPSA) is 52.7 Å². The highest BCUT2D eigenvalue weighted by Gasteiger charge is 2.32. The number of halogens is 1. The van der Waals surface area contributed by atoms with Crippen LogP contribution in [0.1, 0.15) is 54.1 Å². The van der Waals surface area contributed by atoms with Gasteiger partial charge in [0.2, 0.25) is 5.91 Å². The summed E-state index contributed by atoms with van der Waals surface area (Å²) in [4.78, 5) is 30.9. The van der Waals surface area contributed by atoms with Crippen molar-refractivity contribution in [2.75, 3.05) is 27.2 Å². The van der Waals surface area contributed by atoms with Gasteiger partial charge in [-0.25, -0.2) is 0 Å². The number of nitrogens with one attached hydrogen (secondary N) is 1. The van der Waals surface area contributed by atoms with Crippen molar-refractivity contribution in [3.05, 3.63) is 94.5 Å². The van der Waals surface area contributed by atoms with E-state index in [0.29, 0.717) is 24.6 Å². The molecule has 3 aromatic carbocycles. The maximum Gasteiger partial charge on any atom is 0.251 e. The molecule has 2 amide bonds. The van der Waals surface area contributed by atoms with Gasteiger partial charge in [-0.1, -0.05) is 74.0 Å². The maximum absolute atomic E-state index is 13.5. The van der Waals surface area contributed by atoms with Crippen LogP contribution in [0.15, 0.2) is 72.8 Å². The first-order valence-corrected chi connectivity index (χ1v) is 13.8. The van der Waals surface area contributed by atoms with Gasteiger partial charge in [0.05, 0.1) is 0 Å². The van der Waals surface area contributed by atoms with Crippen molar-refractivity contribution in [2.24, 2.45) is 5.92 Å². The molecule has 0 aromatic heterocycles. The van der Waals surface area contributed by atoms with Crippen molar-refractivity contribution in [1.29, 1.82) is 0 Å². The molecule has 200 valence electrons. The minimum atomic E-state index is -0.570. The van der Waals surface area contributed by atoms with E-state index in [1.807, 2.05) is 81.4 Å². The molecule has 0 saturated carbocycles. The largest absolute Gasteiger partial charge is 0.341 e. The van der Waals surface area contributed by atoms with Crippen LogP contribution in [0.3, 0.4) is 0 Å². The highest BCUT2D eigenvalue weighted by molar-refractivity contribution is 6.30. The van der Waals surface area contributed by atoms with Crippen molar-refractivity contribution >= 4 is 23.4 Å². The summed E-state index contributed by atoms with van der Waals surface area (Å²) in [7, 11) is 4.09. The van der Waals surface area contributed by atoms with Gasteiger partial charge in [-0.2, -0.15) is 0 Å². The molecule has 3 aromatic rings. The fraction of sp³-hybridized carbons (Fsp3) is 0.375. The van der Waals surface area contributed by atoms with Gasteiger partial charge in [-0.05, 0) is 85.3 Å². The van der Waals surface area contributed by atoms with Crippen LogP contribution in [0.4, 0.5) is 0 Å². The second-order valence-electron chi connectivity index (χ2n) is 10.8. The van der Waals surface area contributed by atoms with E-state index in [1.165, 1.54) is 11.1 Å². The Hall–Kier alpha value is -3.15. The summed E-state index contributed by atoms with van der Waals surface area (Å²) < 4.78 is 0. The molecule has 1 N–H and O–H groups in total. The zero-order valence-corrected chi connectivity index (χ0v) is 23.5. The maximum atomic E-state index is 13.5. The first-order chi connectivity index (χ1) is 18.2. The van der Waals surface area contributed by atoms with Gasteiger partial charge >= 0.3 is 0 Å². The fourth-order valence-electron chi connectivity index (χ4n) is 5.21. The molecule has 4 rings (SSSR count). The normalized spacial score (nSPS) is 15.1. The second-order valence-corrected chi connectivity index (χ2v) is 11.3. The van der Waals surface area contributed by atoms with E-state index in [4.69, 9.17) is 11.6 Å². The number of nitrogens with zero attached hydrogens (tertiary/aromatic N) is 2. The molecule has 1 fully saturated rings. The SMILES string of the molecule is CC(C)[C@@H](NC(=O)c1cccc(-c2ccccc2CN(C)C)c1)C(=O)N1CCC(c2ccc(Cl)cc2)CC1. The molecule has 5 nitrogen and oxygen atoms in total. The quantitative estimate of drug-likeness (QED) is 0.375. The van der Waals surface area contributed by atoms with E-state index in [9.17, 15) is 9.59 Å². The van der Waals surface area contributed by atoms with Crippen LogP contribution in [0, 0.1) is 5.92 Å². The predicted molar refractivity (Wildman–Crippen MR) is 155 cm³/mol. The predicted octanol–water partition coefficient (Wildman–Crippen LogP) is 6.23. The Morgan fingerprint density at radius 1 is 0.974 bits per heavy atom. The number of likely N-dealkylation sites (tertiary alicyclic amines) is 1. The Kier molecular flexibility index (Phi) is 9.24. The number of hydrogen-bond donors (Lipinski definition) is 1. The Morgan fingerprint density at radius 2 is 1.66 bits per heavy atom. The summed E-state index contributed by atoms with van der Waals surface area (Å²) in [6.45, 7) is 6.15. The highest BCUT2D eigenvalue weighted by Crippen LogP contribution is 2.30. The molecule has 1 aliphatic heterocycles. The van der Waals surface area contributed by atoms with Crippen molar-refractivity contribution < 1.29 is 9.59 Å². The van der Waals surface area contributed by atoms with E-state index in [1.54, 1.807) is 0 Å². The molecular weight excluding hydrogens is 494 g/mol. The van der Waals surface area contributed by atoms with Gasteiger partial charge < -0.3 is 15.1 Å². The Balaban J connectivity index is 1.44. The monoisotopic (exact) mass is 531 g/mol. The molecular formula is C32H38ClN3O2. The first-order valence-electron chi connectivity index (χ1n) is 13.4. The summed E-state index contributed by atoms with van der Waals surface area (Å²) in [6.07, 6.45) is 1.81. The average Bonchev–Trinajstić information content (AvgIpc) is 2.91. The molecule has 6 heteroatoms. The van der Waals surface area contributed by atoms with Crippen molar-refractivity contribution in [2.45, 2.75) is 45.2 Å². The number of carbonyl (C=O) groups excluding carboxylic acids is 2. The summed E-state index contributed by atoms with van der Waals surface area (Å²) in [5.41, 5.74) is 5.12. The van der Waals surface area contributed by atoms with Gasteiger partial charge in [0.1, 0.15) is 6.04 Å². The number of hydrogen-bond acceptors (Lipinski definition) is 3. The Labute approximate surface area is 231 Å². The minimum Gasteiger partial charge on any atom is -0.341 e. The van der Waals surface area contributed by atoms with Crippen LogP contribution in [-0.2, 0) is 11.3 Å². The number of carbonyl (C=O) groups is 2. The smallest absolute Gasteiger partial charge is 0.251 e. The van der Waals surface area contributed by atoms with Crippen LogP contribution < -0.4 is 5.32 Å². The van der Waals surface area contributed by atoms with Crippen molar-refractivity contribution in [3.8, 4) is 11.1 Å². The first kappa shape index (κ1) is 27.9. The molecule has 0 spiro atoms. The van der Waals surface area contributed by atoms with Crippen LogP contribution in [0.2, 0.25) is 5.02 Å². The number of rotatable bonds is 8. The van der Waals surface area contributed by atoms with Gasteiger partial charge in [-0.15, -0.1) is 0 Å². The molecule has 0 unspecified atom stereocenters. The van der Waals surface area contributed by atoms with E-state index < -0.39 is 6.04 Å². The zero-order valence-electron chi connectivity index (χ0n) is 22.8. The van der Waals surface area contributed by atoms with E-state index in [0.717, 1.165) is 35.5 Å². The highest BCUT2D eigenvalue weighted by atomic mass is 35.5. The summed E-state index contributed by atoms with van der Waals surface area (Å²) in [6, 6.07) is 23.4. The number of piperidine rings is 1. The van der Waals surface area contributed by atoms with Gasteiger partial charge in [0, 0.05) is 30.2 Å². The molecule has 1 heterocycles. The van der Waals surface area contributed by atoms with Crippen molar-refractivity contribution in [3.63, 3.8) is 0 Å². The summed E-state index contributed by atoms with van der Waals surface area (Å²) in [5.74, 6) is 0.168. The number of amides is 2. The van der Waals surface area contributed by atoms with Gasteiger partial charge in [-0.3, -0.25) is 9.59 Å². The molecule has 0 aliphatic carbocycles. The second kappa shape index (κ2) is 12.6. The molecule has 0 radical (unpaired) electrons. The Morgan fingerprint density at radius 3 is 2.32 bits per heavy atom. The number of benzene rings is 3. The average molecular weight is 532 g/mol. The van der Waals surface area contributed by atoms with Gasteiger partial charge in [0.25, 0.3) is 5.91 Å². The Bertz CT molecular complexity index is 1250. The lowest BCUT2D eigenvalue weighted by Crippen LogP contribution is -2.52. The van der Waals surface area contributed by atoms with Crippen LogP contribution in [-0.4, -0.2) is 54.8 Å². The third kappa shape index (κ3) is 6.83. The summed E-state index contributed by atoms with van der Waals surface area (Å²) >= 11 is 6.04. The standard InChI is InChI=1S/C32H38ClN3O2/c1-22(2)30(32(38)36-18-16-24(17-19-36)23-12-14-28(33)15-13-23)34-31(37)26-10-7-9-25(20-26)29-11-6-5-8-27(29)21-35(3)4/h5-15,20,22,24,30H,16-19,21H2,1-4H3,(H,34,37)/t30-/m1/s1.